The summed E-state index contributed by atoms with van der Waals surface area (Å²) >= 11 is 0. The summed E-state index contributed by atoms with van der Waals surface area (Å²) in [7, 11) is 1.60. The molecular weight excluding hydrogens is 168 g/mol. The molecule has 78 valence electrons. The molecule has 4 nitrogen and oxygen atoms in total. The summed E-state index contributed by atoms with van der Waals surface area (Å²) in [5, 5.41) is 2.77. The van der Waals surface area contributed by atoms with E-state index < -0.39 is 6.04 Å². The monoisotopic (exact) mass is 188 g/mol. The minimum atomic E-state index is -0.446. The summed E-state index contributed by atoms with van der Waals surface area (Å²) < 4.78 is 4.83. The lowest BCUT2D eigenvalue weighted by molar-refractivity contribution is -0.122. The van der Waals surface area contributed by atoms with E-state index in [0.717, 1.165) is 0 Å². The zero-order valence-corrected chi connectivity index (χ0v) is 8.67. The zero-order chi connectivity index (χ0) is 10.3. The van der Waals surface area contributed by atoms with Gasteiger partial charge in [-0.25, -0.2) is 0 Å². The van der Waals surface area contributed by atoms with E-state index in [4.69, 9.17) is 10.5 Å². The number of hydrogen-bond donors (Lipinski definition) is 2. The first kappa shape index (κ1) is 12.4. The molecule has 0 aromatic rings. The Kier molecular flexibility index (Phi) is 6.54. The molecule has 0 saturated heterocycles. The molecule has 4 heteroatoms. The van der Waals surface area contributed by atoms with Crippen LogP contribution in [0.1, 0.15) is 20.3 Å². The van der Waals surface area contributed by atoms with Crippen LogP contribution in [-0.4, -0.2) is 32.2 Å². The molecule has 1 amide bonds. The molecule has 0 fully saturated rings. The van der Waals surface area contributed by atoms with Crippen molar-refractivity contribution in [3.05, 3.63) is 0 Å². The number of ether oxygens (including phenoxy) is 1. The fourth-order valence-electron chi connectivity index (χ4n) is 0.812. The minimum Gasteiger partial charge on any atom is -0.385 e. The van der Waals surface area contributed by atoms with Crippen LogP contribution in [-0.2, 0) is 9.53 Å². The van der Waals surface area contributed by atoms with Crippen LogP contribution in [0.5, 0.6) is 0 Å². The molecule has 1 atom stereocenters. The lowest BCUT2D eigenvalue weighted by Crippen LogP contribution is -2.42. The van der Waals surface area contributed by atoms with E-state index in [2.05, 4.69) is 5.32 Å². The van der Waals surface area contributed by atoms with Crippen molar-refractivity contribution in [2.24, 2.45) is 11.7 Å². The maximum Gasteiger partial charge on any atom is 0.237 e. The van der Waals surface area contributed by atoms with Crippen molar-refractivity contribution in [2.45, 2.75) is 26.3 Å². The summed E-state index contributed by atoms with van der Waals surface area (Å²) in [6, 6.07) is -0.446. The van der Waals surface area contributed by atoms with E-state index >= 15 is 0 Å². The first-order valence-corrected chi connectivity index (χ1v) is 4.60. The van der Waals surface area contributed by atoms with Gasteiger partial charge in [-0.05, 0) is 12.3 Å². The number of carbonyl (C=O) groups excluding carboxylic acids is 1. The molecule has 1 unspecified atom stereocenters. The number of nitrogens with two attached hydrogens (primary N) is 1. The highest BCUT2D eigenvalue weighted by atomic mass is 16.5. The Morgan fingerprint density at radius 2 is 2.15 bits per heavy atom. The Hall–Kier alpha value is -0.610. The molecule has 0 rings (SSSR count). The van der Waals surface area contributed by atoms with Gasteiger partial charge in [0.1, 0.15) is 0 Å². The second-order valence-electron chi connectivity index (χ2n) is 3.53. The Labute approximate surface area is 79.8 Å². The van der Waals surface area contributed by atoms with Gasteiger partial charge in [-0.15, -0.1) is 0 Å². The van der Waals surface area contributed by atoms with Crippen molar-refractivity contribution in [1.29, 1.82) is 0 Å². The first-order chi connectivity index (χ1) is 6.07. The van der Waals surface area contributed by atoms with Crippen molar-refractivity contribution in [3.63, 3.8) is 0 Å². The molecule has 0 bridgehead atoms. The second kappa shape index (κ2) is 6.86. The largest absolute Gasteiger partial charge is 0.385 e. The Bertz CT molecular complexity index is 149. The lowest BCUT2D eigenvalue weighted by Gasteiger charge is -2.12. The first-order valence-electron chi connectivity index (χ1n) is 4.60. The molecule has 0 aliphatic heterocycles. The quantitative estimate of drug-likeness (QED) is 0.622. The predicted octanol–water partition coefficient (Wildman–Crippen LogP) is 0.122. The summed E-state index contributed by atoms with van der Waals surface area (Å²) in [6.07, 6.45) is 0.570. The average molecular weight is 188 g/mol. The number of nitrogens with one attached hydrogen (secondary N) is 1. The van der Waals surface area contributed by atoms with Gasteiger partial charge in [-0.2, -0.15) is 0 Å². The van der Waals surface area contributed by atoms with Crippen molar-refractivity contribution in [3.8, 4) is 0 Å². The van der Waals surface area contributed by atoms with Gasteiger partial charge >= 0.3 is 0 Å². The number of rotatable bonds is 6. The van der Waals surface area contributed by atoms with Gasteiger partial charge in [0, 0.05) is 20.3 Å². The molecule has 0 saturated carbocycles. The van der Waals surface area contributed by atoms with Gasteiger partial charge in [0.2, 0.25) is 5.91 Å². The molecule has 0 spiro atoms. The van der Waals surface area contributed by atoms with Crippen LogP contribution in [0.4, 0.5) is 0 Å². The second-order valence-corrected chi connectivity index (χ2v) is 3.53. The van der Waals surface area contributed by atoms with Gasteiger partial charge in [0.05, 0.1) is 6.04 Å². The van der Waals surface area contributed by atoms with Crippen LogP contribution in [0.25, 0.3) is 0 Å². The Morgan fingerprint density at radius 3 is 2.62 bits per heavy atom. The van der Waals surface area contributed by atoms with Crippen molar-refractivity contribution >= 4 is 5.91 Å². The molecule has 0 aliphatic rings. The van der Waals surface area contributed by atoms with Gasteiger partial charge in [-0.3, -0.25) is 4.79 Å². The van der Waals surface area contributed by atoms with E-state index in [1.165, 1.54) is 0 Å². The normalized spacial score (nSPS) is 13.0. The number of carbonyl (C=O) groups is 1. The smallest absolute Gasteiger partial charge is 0.237 e. The van der Waals surface area contributed by atoms with Crippen LogP contribution in [0.3, 0.4) is 0 Å². The molecular formula is C9H20N2O2. The highest BCUT2D eigenvalue weighted by Crippen LogP contribution is 1.91. The van der Waals surface area contributed by atoms with Crippen molar-refractivity contribution in [2.75, 3.05) is 20.3 Å². The average Bonchev–Trinajstić information content (AvgIpc) is 2.10. The Balaban J connectivity index is 3.57. The fraction of sp³-hybridized carbons (Fsp3) is 0.889. The third-order valence-electron chi connectivity index (χ3n) is 1.65. The standard InChI is InChI=1S/C9H20N2O2/c1-7(2)6-11-9(12)8(10)4-5-13-3/h7-8H,4-6,10H2,1-3H3,(H,11,12). The summed E-state index contributed by atoms with van der Waals surface area (Å²) in [5.74, 6) is 0.365. The highest BCUT2D eigenvalue weighted by molar-refractivity contribution is 5.81. The SMILES string of the molecule is COCCC(N)C(=O)NCC(C)C. The van der Waals surface area contributed by atoms with Gasteiger partial charge in [0.15, 0.2) is 0 Å². The minimum absolute atomic E-state index is 0.0919. The molecule has 0 radical (unpaired) electrons. The number of hydrogen-bond acceptors (Lipinski definition) is 3. The summed E-state index contributed by atoms with van der Waals surface area (Å²) in [4.78, 5) is 11.3. The van der Waals surface area contributed by atoms with Crippen molar-refractivity contribution < 1.29 is 9.53 Å². The van der Waals surface area contributed by atoms with Crippen LogP contribution in [0.2, 0.25) is 0 Å². The van der Waals surface area contributed by atoms with Crippen LogP contribution >= 0.6 is 0 Å². The molecule has 0 aromatic heterocycles. The molecule has 0 aliphatic carbocycles. The van der Waals surface area contributed by atoms with E-state index in [9.17, 15) is 4.79 Å². The third kappa shape index (κ3) is 6.54. The predicted molar refractivity (Wildman–Crippen MR) is 52.3 cm³/mol. The molecule has 13 heavy (non-hydrogen) atoms. The summed E-state index contributed by atoms with van der Waals surface area (Å²) in [5.41, 5.74) is 5.60. The number of amides is 1. The van der Waals surface area contributed by atoms with Crippen molar-refractivity contribution in [1.82, 2.24) is 5.32 Å². The maximum absolute atomic E-state index is 11.3. The molecule has 0 heterocycles. The van der Waals surface area contributed by atoms with Crippen LogP contribution in [0.15, 0.2) is 0 Å². The zero-order valence-electron chi connectivity index (χ0n) is 8.67. The van der Waals surface area contributed by atoms with E-state index in [1.54, 1.807) is 7.11 Å². The lowest BCUT2D eigenvalue weighted by atomic mass is 10.2. The Morgan fingerprint density at radius 1 is 1.54 bits per heavy atom. The summed E-state index contributed by atoms with van der Waals surface area (Å²) in [6.45, 7) is 5.29. The van der Waals surface area contributed by atoms with Gasteiger partial charge in [-0.1, -0.05) is 13.8 Å². The third-order valence-corrected chi connectivity index (χ3v) is 1.65. The van der Waals surface area contributed by atoms with E-state index in [1.807, 2.05) is 13.8 Å². The van der Waals surface area contributed by atoms with E-state index in [-0.39, 0.29) is 5.91 Å². The van der Waals surface area contributed by atoms with Crippen LogP contribution in [0, 0.1) is 5.92 Å². The van der Waals surface area contributed by atoms with Gasteiger partial charge < -0.3 is 15.8 Å². The topological polar surface area (TPSA) is 64.3 Å². The molecule has 3 N–H and O–H groups in total. The number of methoxy groups -OCH3 is 1. The van der Waals surface area contributed by atoms with Crippen LogP contribution < -0.4 is 11.1 Å². The van der Waals surface area contributed by atoms with E-state index in [0.29, 0.717) is 25.5 Å². The molecule has 0 aromatic carbocycles. The van der Waals surface area contributed by atoms with Gasteiger partial charge in [0.25, 0.3) is 0 Å². The maximum atomic E-state index is 11.3. The highest BCUT2D eigenvalue weighted by Gasteiger charge is 2.12. The fourth-order valence-corrected chi connectivity index (χ4v) is 0.812.